The maximum Gasteiger partial charge on any atom is 0.174 e. The number of ketones is 1. The van der Waals surface area contributed by atoms with Gasteiger partial charge in [0.25, 0.3) is 0 Å². The number of hydrogen-bond acceptors (Lipinski definition) is 2. The van der Waals surface area contributed by atoms with E-state index < -0.39 is 0 Å². The number of hydrogen-bond donors (Lipinski definition) is 0. The molecule has 0 aliphatic carbocycles. The molecule has 0 saturated heterocycles. The van der Waals surface area contributed by atoms with Gasteiger partial charge in [-0.3, -0.25) is 4.79 Å². The molecule has 0 N–H and O–H groups in total. The van der Waals surface area contributed by atoms with E-state index in [9.17, 15) is 4.79 Å². The number of carbonyl (C=O) groups excluding carboxylic acids is 1. The molecule has 0 amide bonds. The predicted molar refractivity (Wildman–Crippen MR) is 80.9 cm³/mol. The van der Waals surface area contributed by atoms with Crippen molar-refractivity contribution in [1.82, 2.24) is 0 Å². The van der Waals surface area contributed by atoms with Crippen LogP contribution < -0.4 is 0 Å². The van der Waals surface area contributed by atoms with Crippen LogP contribution in [-0.2, 0) is 0 Å². The van der Waals surface area contributed by atoms with Gasteiger partial charge in [0, 0.05) is 6.42 Å². The SMILES string of the molecule is CCCCCCCCCCC(=O)c1sccc1Cl. The second-order valence-corrected chi connectivity index (χ2v) is 6.07. The van der Waals surface area contributed by atoms with Crippen LogP contribution >= 0.6 is 22.9 Å². The first-order chi connectivity index (χ1) is 8.75. The Morgan fingerprint density at radius 3 is 2.28 bits per heavy atom. The van der Waals surface area contributed by atoms with Crippen molar-refractivity contribution < 1.29 is 4.79 Å². The summed E-state index contributed by atoms with van der Waals surface area (Å²) in [5, 5.41) is 2.49. The minimum atomic E-state index is 0.209. The molecule has 1 aromatic heterocycles. The largest absolute Gasteiger partial charge is 0.293 e. The first-order valence-corrected chi connectivity index (χ1v) is 8.27. The van der Waals surface area contributed by atoms with Crippen LogP contribution in [0.2, 0.25) is 5.02 Å². The molecule has 1 aromatic rings. The van der Waals surface area contributed by atoms with E-state index in [0.29, 0.717) is 11.4 Å². The van der Waals surface area contributed by atoms with Gasteiger partial charge in [0.15, 0.2) is 5.78 Å². The third-order valence-corrected chi connectivity index (χ3v) is 4.51. The van der Waals surface area contributed by atoms with Gasteiger partial charge in [-0.15, -0.1) is 11.3 Å². The van der Waals surface area contributed by atoms with E-state index in [1.54, 1.807) is 6.07 Å². The summed E-state index contributed by atoms with van der Waals surface area (Å²) in [6, 6.07) is 1.80. The Balaban J connectivity index is 2.01. The Labute approximate surface area is 120 Å². The Kier molecular flexibility index (Phi) is 8.36. The van der Waals surface area contributed by atoms with Crippen LogP contribution in [-0.4, -0.2) is 5.78 Å². The summed E-state index contributed by atoms with van der Waals surface area (Å²) in [5.74, 6) is 0.209. The zero-order chi connectivity index (χ0) is 13.2. The zero-order valence-corrected chi connectivity index (χ0v) is 12.8. The number of rotatable bonds is 10. The molecule has 0 atom stereocenters. The van der Waals surface area contributed by atoms with E-state index in [-0.39, 0.29) is 5.78 Å². The molecule has 0 radical (unpaired) electrons. The lowest BCUT2D eigenvalue weighted by Gasteiger charge is -2.01. The van der Waals surface area contributed by atoms with Gasteiger partial charge >= 0.3 is 0 Å². The lowest BCUT2D eigenvalue weighted by molar-refractivity contribution is 0.0983. The van der Waals surface area contributed by atoms with Crippen LogP contribution in [0.3, 0.4) is 0 Å². The molecular formula is C15H23ClOS. The van der Waals surface area contributed by atoms with E-state index in [1.807, 2.05) is 5.38 Å². The maximum atomic E-state index is 11.8. The number of Topliss-reactive ketones (excluding diaryl/α,β-unsaturated/α-hetero) is 1. The second-order valence-electron chi connectivity index (χ2n) is 4.75. The van der Waals surface area contributed by atoms with Gasteiger partial charge in [-0.25, -0.2) is 0 Å². The lowest BCUT2D eigenvalue weighted by Crippen LogP contribution is -1.96. The summed E-state index contributed by atoms with van der Waals surface area (Å²) in [6.07, 6.45) is 10.8. The summed E-state index contributed by atoms with van der Waals surface area (Å²) in [5.41, 5.74) is 0. The van der Waals surface area contributed by atoms with Crippen LogP contribution in [0.4, 0.5) is 0 Å². The van der Waals surface area contributed by atoms with E-state index in [0.717, 1.165) is 11.3 Å². The van der Waals surface area contributed by atoms with Crippen LogP contribution in [0.25, 0.3) is 0 Å². The van der Waals surface area contributed by atoms with Gasteiger partial charge in [-0.05, 0) is 17.9 Å². The van der Waals surface area contributed by atoms with Crippen molar-refractivity contribution >= 4 is 28.7 Å². The van der Waals surface area contributed by atoms with E-state index in [4.69, 9.17) is 11.6 Å². The first kappa shape index (κ1) is 15.7. The topological polar surface area (TPSA) is 17.1 Å². The van der Waals surface area contributed by atoms with Crippen molar-refractivity contribution in [3.8, 4) is 0 Å². The van der Waals surface area contributed by atoms with Crippen molar-refractivity contribution in [2.45, 2.75) is 64.7 Å². The molecule has 0 aliphatic rings. The molecule has 0 unspecified atom stereocenters. The Hall–Kier alpha value is -0.340. The molecule has 1 rings (SSSR count). The average molecular weight is 287 g/mol. The molecule has 0 saturated carbocycles. The quantitative estimate of drug-likeness (QED) is 0.374. The van der Waals surface area contributed by atoms with Crippen LogP contribution in [0, 0.1) is 0 Å². The molecule has 1 heterocycles. The highest BCUT2D eigenvalue weighted by atomic mass is 35.5. The van der Waals surface area contributed by atoms with Crippen molar-refractivity contribution in [1.29, 1.82) is 0 Å². The first-order valence-electron chi connectivity index (χ1n) is 7.02. The molecule has 102 valence electrons. The van der Waals surface area contributed by atoms with E-state index in [2.05, 4.69) is 6.92 Å². The molecule has 3 heteroatoms. The fraction of sp³-hybridized carbons (Fsp3) is 0.667. The highest BCUT2D eigenvalue weighted by Gasteiger charge is 2.10. The van der Waals surface area contributed by atoms with Crippen molar-refractivity contribution in [3.05, 3.63) is 21.3 Å². The number of halogens is 1. The standard InChI is InChI=1S/C15H23ClOS/c1-2-3-4-5-6-7-8-9-10-14(17)15-13(16)11-12-18-15/h11-12H,2-10H2,1H3. The third-order valence-electron chi connectivity index (χ3n) is 3.13. The predicted octanol–water partition coefficient (Wildman–Crippen LogP) is 6.12. The maximum absolute atomic E-state index is 11.8. The molecule has 0 aromatic carbocycles. The fourth-order valence-corrected chi connectivity index (χ4v) is 3.16. The number of carbonyl (C=O) groups is 1. The molecule has 18 heavy (non-hydrogen) atoms. The summed E-state index contributed by atoms with van der Waals surface area (Å²) in [7, 11) is 0. The van der Waals surface area contributed by atoms with Crippen molar-refractivity contribution in [2.75, 3.05) is 0 Å². The lowest BCUT2D eigenvalue weighted by atomic mass is 10.1. The van der Waals surface area contributed by atoms with Crippen molar-refractivity contribution in [2.24, 2.45) is 0 Å². The van der Waals surface area contributed by atoms with Gasteiger partial charge in [-0.2, -0.15) is 0 Å². The fourth-order valence-electron chi connectivity index (χ4n) is 2.03. The summed E-state index contributed by atoms with van der Waals surface area (Å²) < 4.78 is 0. The number of thiophene rings is 1. The van der Waals surface area contributed by atoms with Gasteiger partial charge < -0.3 is 0 Å². The molecule has 1 nitrogen and oxygen atoms in total. The third kappa shape index (κ3) is 6.01. The van der Waals surface area contributed by atoms with Gasteiger partial charge in [0.2, 0.25) is 0 Å². The highest BCUT2D eigenvalue weighted by Crippen LogP contribution is 2.24. The van der Waals surface area contributed by atoms with E-state index in [1.165, 1.54) is 56.3 Å². The molecule has 0 bridgehead atoms. The van der Waals surface area contributed by atoms with Gasteiger partial charge in [0.1, 0.15) is 0 Å². The highest BCUT2D eigenvalue weighted by molar-refractivity contribution is 7.12. The minimum absolute atomic E-state index is 0.209. The van der Waals surface area contributed by atoms with Gasteiger partial charge in [-0.1, -0.05) is 63.5 Å². The summed E-state index contributed by atoms with van der Waals surface area (Å²) in [6.45, 7) is 2.24. The normalized spacial score (nSPS) is 10.8. The van der Waals surface area contributed by atoms with Crippen LogP contribution in [0.5, 0.6) is 0 Å². The monoisotopic (exact) mass is 286 g/mol. The molecule has 0 aliphatic heterocycles. The summed E-state index contributed by atoms with van der Waals surface area (Å²) >= 11 is 7.39. The second kappa shape index (κ2) is 9.57. The molecule has 0 fully saturated rings. The minimum Gasteiger partial charge on any atom is -0.293 e. The average Bonchev–Trinajstić information content (AvgIpc) is 2.79. The Morgan fingerprint density at radius 2 is 1.72 bits per heavy atom. The molecular weight excluding hydrogens is 264 g/mol. The van der Waals surface area contributed by atoms with E-state index >= 15 is 0 Å². The van der Waals surface area contributed by atoms with Crippen molar-refractivity contribution in [3.63, 3.8) is 0 Å². The van der Waals surface area contributed by atoms with Crippen LogP contribution in [0.15, 0.2) is 11.4 Å². The van der Waals surface area contributed by atoms with Crippen LogP contribution in [0.1, 0.15) is 74.4 Å². The Morgan fingerprint density at radius 1 is 1.11 bits per heavy atom. The zero-order valence-electron chi connectivity index (χ0n) is 11.2. The Bertz CT molecular complexity index is 346. The van der Waals surface area contributed by atoms with Gasteiger partial charge in [0.05, 0.1) is 9.90 Å². The smallest absolute Gasteiger partial charge is 0.174 e. The summed E-state index contributed by atoms with van der Waals surface area (Å²) in [4.78, 5) is 12.6. The number of unbranched alkanes of at least 4 members (excludes halogenated alkanes) is 7. The molecule has 0 spiro atoms.